The van der Waals surface area contributed by atoms with Gasteiger partial charge >= 0.3 is 12.1 Å². The van der Waals surface area contributed by atoms with Crippen molar-refractivity contribution in [2.24, 2.45) is 11.1 Å². The first-order valence-electron chi connectivity index (χ1n) is 21.9. The highest BCUT2D eigenvalue weighted by Crippen LogP contribution is 2.41. The average Bonchev–Trinajstić information content (AvgIpc) is 3.60. The number of alkyl carbamates (subject to hydrolysis) is 1. The molecule has 3 rings (SSSR count). The van der Waals surface area contributed by atoms with Crippen molar-refractivity contribution in [1.29, 1.82) is 0 Å². The molecule has 4 amide bonds. The second-order valence-electron chi connectivity index (χ2n) is 19.6. The number of carbonyl (C=O) groups excluding carboxylic acids is 5. The third-order valence-corrected chi connectivity index (χ3v) is 13.8. The Morgan fingerprint density at radius 3 is 2.09 bits per heavy atom. The minimum Gasteiger partial charge on any atom is -0.464 e. The number of aromatic nitrogens is 1. The van der Waals surface area contributed by atoms with E-state index in [1.54, 1.807) is 12.3 Å². The summed E-state index contributed by atoms with van der Waals surface area (Å²) >= 11 is 0. The topological polar surface area (TPSA) is 194 Å². The lowest BCUT2D eigenvalue weighted by Crippen LogP contribution is -2.48. The predicted octanol–water partition coefficient (Wildman–Crippen LogP) is 6.43. The second kappa shape index (κ2) is 24.4. The van der Waals surface area contributed by atoms with E-state index >= 15 is 4.39 Å². The molecule has 0 saturated carbocycles. The molecule has 1 aromatic heterocycles. The van der Waals surface area contributed by atoms with Crippen molar-refractivity contribution < 1.29 is 47.3 Å². The van der Waals surface area contributed by atoms with Gasteiger partial charge in [0.2, 0.25) is 17.7 Å². The second-order valence-corrected chi connectivity index (χ2v) is 30.8. The Bertz CT molecular complexity index is 2020. The van der Waals surface area contributed by atoms with E-state index in [0.29, 0.717) is 17.8 Å². The molecule has 14 nitrogen and oxygen atoms in total. The fourth-order valence-corrected chi connectivity index (χ4v) is 8.26. The Hall–Kier alpha value is -4.92. The summed E-state index contributed by atoms with van der Waals surface area (Å²) in [5.74, 6) is -3.43. The van der Waals surface area contributed by atoms with E-state index in [2.05, 4.69) is 55.2 Å². The van der Waals surface area contributed by atoms with E-state index in [1.165, 1.54) is 4.90 Å². The maximum Gasteiger partial charge on any atom is 0.407 e. The molecule has 0 unspecified atom stereocenters. The van der Waals surface area contributed by atoms with Gasteiger partial charge in [0.05, 0.1) is 25.3 Å². The van der Waals surface area contributed by atoms with Gasteiger partial charge in [-0.1, -0.05) is 90.4 Å². The van der Waals surface area contributed by atoms with Crippen molar-refractivity contribution >= 4 is 45.9 Å². The quantitative estimate of drug-likeness (QED) is 0.0382. The molecule has 0 bridgehead atoms. The van der Waals surface area contributed by atoms with Crippen molar-refractivity contribution in [2.45, 2.75) is 116 Å². The van der Waals surface area contributed by atoms with Crippen LogP contribution in [0.4, 0.5) is 13.6 Å². The van der Waals surface area contributed by atoms with Gasteiger partial charge in [0, 0.05) is 71.8 Å². The zero-order valence-electron chi connectivity index (χ0n) is 39.0. The van der Waals surface area contributed by atoms with Gasteiger partial charge in [-0.3, -0.25) is 14.4 Å². The lowest BCUT2D eigenvalue weighted by molar-refractivity contribution is -0.145. The largest absolute Gasteiger partial charge is 0.464 e. The number of amides is 4. The van der Waals surface area contributed by atoms with Crippen LogP contribution in [-0.4, -0.2) is 112 Å². The zero-order chi connectivity index (χ0) is 47.8. The van der Waals surface area contributed by atoms with Crippen LogP contribution in [0, 0.1) is 17.0 Å². The van der Waals surface area contributed by atoms with Crippen LogP contribution in [0.15, 0.2) is 60.8 Å². The predicted molar refractivity (Wildman–Crippen MR) is 250 cm³/mol. The van der Waals surface area contributed by atoms with Crippen molar-refractivity contribution in [3.8, 4) is 11.1 Å². The first kappa shape index (κ1) is 53.4. The summed E-state index contributed by atoms with van der Waals surface area (Å²) in [6.45, 7) is 18.7. The van der Waals surface area contributed by atoms with Crippen molar-refractivity contribution in [1.82, 2.24) is 25.4 Å². The number of aliphatic hydroxyl groups excluding tert-OH is 1. The molecule has 3 atom stereocenters. The van der Waals surface area contributed by atoms with Gasteiger partial charge in [0.25, 0.3) is 0 Å². The lowest BCUT2D eigenvalue weighted by atomic mass is 9.82. The molecule has 6 N–H and O–H groups in total. The van der Waals surface area contributed by atoms with E-state index in [4.69, 9.17) is 15.2 Å². The highest BCUT2D eigenvalue weighted by Gasteiger charge is 2.37. The molecule has 1 heterocycles. The lowest BCUT2D eigenvalue weighted by Gasteiger charge is -2.41. The summed E-state index contributed by atoms with van der Waals surface area (Å²) in [6, 6.07) is 13.1. The van der Waals surface area contributed by atoms with Gasteiger partial charge in [0.1, 0.15) is 24.3 Å². The van der Waals surface area contributed by atoms with E-state index in [0.717, 1.165) is 35.9 Å². The number of aliphatic hydroxyl groups is 1. The third-order valence-electron chi connectivity index (χ3n) is 10.4. The van der Waals surface area contributed by atoms with Crippen LogP contribution in [0.2, 0.25) is 51.4 Å². The fraction of sp³-hybridized carbons (Fsp3) is 0.543. The fourth-order valence-electron chi connectivity index (χ4n) is 6.83. The number of rotatable bonds is 24. The minimum absolute atomic E-state index is 0.00426. The van der Waals surface area contributed by atoms with E-state index in [-0.39, 0.29) is 57.7 Å². The maximum atomic E-state index is 15.1. The molecular weight excluding hydrogens is 859 g/mol. The summed E-state index contributed by atoms with van der Waals surface area (Å²) < 4.78 is 42.1. The van der Waals surface area contributed by atoms with Gasteiger partial charge in [-0.25, -0.2) is 18.4 Å². The van der Waals surface area contributed by atoms with Crippen LogP contribution < -0.4 is 21.7 Å². The molecule has 354 valence electrons. The first-order chi connectivity index (χ1) is 29.9. The smallest absolute Gasteiger partial charge is 0.407 e. The molecule has 0 saturated heterocycles. The minimum atomic E-state index is -1.49. The number of carbonyl (C=O) groups is 5. The van der Waals surface area contributed by atoms with Crippen molar-refractivity contribution in [3.05, 3.63) is 83.7 Å². The molecule has 0 aliphatic rings. The Labute approximate surface area is 379 Å². The Morgan fingerprint density at radius 2 is 1.48 bits per heavy atom. The van der Waals surface area contributed by atoms with Gasteiger partial charge in [0.15, 0.2) is 0 Å². The molecule has 0 radical (unpaired) electrons. The first-order valence-corrected chi connectivity index (χ1v) is 29.3. The number of esters is 1. The molecule has 3 aromatic rings. The van der Waals surface area contributed by atoms with Crippen LogP contribution in [0.5, 0.6) is 0 Å². The highest BCUT2D eigenvalue weighted by molar-refractivity contribution is 6.76. The zero-order valence-corrected chi connectivity index (χ0v) is 41.0. The van der Waals surface area contributed by atoms with E-state index in [1.807, 2.05) is 55.7 Å². The number of halogens is 2. The number of benzene rings is 2. The summed E-state index contributed by atoms with van der Waals surface area (Å²) in [6.07, 6.45) is 0.811. The molecule has 0 aliphatic carbocycles. The van der Waals surface area contributed by atoms with Crippen molar-refractivity contribution in [2.75, 3.05) is 39.5 Å². The Morgan fingerprint density at radius 1 is 0.859 bits per heavy atom. The number of nitrogens with zero attached hydrogens (tertiary/aromatic N) is 2. The summed E-state index contributed by atoms with van der Waals surface area (Å²) in [4.78, 5) is 66.5. The molecular formula is C46H70F2N6O8Si2. The maximum absolute atomic E-state index is 15.1. The number of nitrogens with one attached hydrogen (secondary N) is 3. The SMILES string of the molecule is CC(C)(C)[C@H](c1cc(-c2cc(F)ccc2F)cn1Cc1ccccc1)N(CC[C@H](N)C(=O)NCCNC(=O)CC[C@H](NC(=O)OCC[Si](C)(C)C)C(=O)OCC[Si](C)(C)C)C(=O)CO. The Balaban J connectivity index is 1.65. The third kappa shape index (κ3) is 18.3. The van der Waals surface area contributed by atoms with Crippen LogP contribution >= 0.6 is 0 Å². The monoisotopic (exact) mass is 928 g/mol. The number of hydrogen-bond acceptors (Lipinski definition) is 9. The normalized spacial score (nSPS) is 13.3. The van der Waals surface area contributed by atoms with E-state index in [9.17, 15) is 33.5 Å². The molecule has 64 heavy (non-hydrogen) atoms. The van der Waals surface area contributed by atoms with Crippen molar-refractivity contribution in [3.63, 3.8) is 0 Å². The summed E-state index contributed by atoms with van der Waals surface area (Å²) in [5, 5.41) is 18.1. The highest BCUT2D eigenvalue weighted by atomic mass is 28.3. The van der Waals surface area contributed by atoms with Gasteiger partial charge in [-0.15, -0.1) is 0 Å². The van der Waals surface area contributed by atoms with Gasteiger partial charge in [-0.05, 0) is 60.2 Å². The number of hydrogen-bond donors (Lipinski definition) is 5. The Kier molecular flexibility index (Phi) is 20.4. The summed E-state index contributed by atoms with van der Waals surface area (Å²) in [7, 11) is -2.96. The van der Waals surface area contributed by atoms with Crippen LogP contribution in [0.25, 0.3) is 11.1 Å². The molecule has 18 heteroatoms. The van der Waals surface area contributed by atoms with Crippen LogP contribution in [-0.2, 0) is 35.2 Å². The van der Waals surface area contributed by atoms with Crippen LogP contribution in [0.1, 0.15) is 57.3 Å². The van der Waals surface area contributed by atoms with Crippen LogP contribution in [0.3, 0.4) is 0 Å². The molecule has 2 aromatic carbocycles. The molecule has 0 aliphatic heterocycles. The van der Waals surface area contributed by atoms with Gasteiger partial charge in [-0.2, -0.15) is 0 Å². The van der Waals surface area contributed by atoms with E-state index < -0.39 is 87.7 Å². The average molecular weight is 929 g/mol. The number of nitrogens with two attached hydrogens (primary N) is 1. The molecule has 0 fully saturated rings. The van der Waals surface area contributed by atoms with Gasteiger partial charge < -0.3 is 45.7 Å². The molecule has 0 spiro atoms. The number of ether oxygens (including phenoxy) is 2. The standard InChI is InChI=1S/C46H70F2N6O8Si2/c1-46(2,3)42(39-27-33(35-28-34(47)15-16-36(35)48)30-53(39)29-32-13-11-10-12-14-32)54(41(57)31-55)22-19-37(49)43(58)51-21-20-50-40(56)18-17-38(44(59)61-23-25-63(4,5)6)52-45(60)62-24-26-64(7,8)9/h10-16,27-28,30,37-38,42,55H,17-26,29,31,49H2,1-9H3,(H,50,56)(H,51,58)(H,52,60)/t37-,38-,42-/m0/s1. The summed E-state index contributed by atoms with van der Waals surface area (Å²) in [5.41, 5.74) is 7.64.